The highest BCUT2D eigenvalue weighted by molar-refractivity contribution is 7.99. The summed E-state index contributed by atoms with van der Waals surface area (Å²) in [6.45, 7) is 0. The van der Waals surface area contributed by atoms with Gasteiger partial charge in [-0.25, -0.2) is 0 Å². The quantitative estimate of drug-likeness (QED) is 0.730. The van der Waals surface area contributed by atoms with E-state index in [2.05, 4.69) is 6.07 Å². The van der Waals surface area contributed by atoms with Crippen LogP contribution in [0.3, 0.4) is 0 Å². The summed E-state index contributed by atoms with van der Waals surface area (Å²) in [5, 5.41) is 0. The standard InChI is InChI=1S/C12H15NOS/c13-10-7-12(5-6-15-8-12)14-11-4-2-1-3-9(10)11/h1-4,10H,5-8,13H2/t10-,12?/m0/s1. The van der Waals surface area contributed by atoms with Crippen LogP contribution in [-0.2, 0) is 0 Å². The zero-order valence-corrected chi connectivity index (χ0v) is 9.43. The van der Waals surface area contributed by atoms with Gasteiger partial charge >= 0.3 is 0 Å². The summed E-state index contributed by atoms with van der Waals surface area (Å²) < 4.78 is 6.15. The minimum atomic E-state index is 0.0262. The van der Waals surface area contributed by atoms with Gasteiger partial charge in [0.25, 0.3) is 0 Å². The molecule has 2 aliphatic rings. The van der Waals surface area contributed by atoms with Crippen LogP contribution in [0.25, 0.3) is 0 Å². The number of rotatable bonds is 0. The number of fused-ring (bicyclic) bond motifs is 1. The molecule has 1 spiro atoms. The lowest BCUT2D eigenvalue weighted by Crippen LogP contribution is -2.42. The van der Waals surface area contributed by atoms with Gasteiger partial charge in [-0.15, -0.1) is 0 Å². The van der Waals surface area contributed by atoms with E-state index in [0.29, 0.717) is 0 Å². The van der Waals surface area contributed by atoms with E-state index in [1.165, 1.54) is 11.3 Å². The fraction of sp³-hybridized carbons (Fsp3) is 0.500. The Morgan fingerprint density at radius 2 is 2.27 bits per heavy atom. The lowest BCUT2D eigenvalue weighted by atomic mass is 9.87. The summed E-state index contributed by atoms with van der Waals surface area (Å²) >= 11 is 1.98. The SMILES string of the molecule is N[C@H]1CC2(CCSC2)Oc2ccccc21. The van der Waals surface area contributed by atoms with Gasteiger partial charge in [-0.2, -0.15) is 11.8 Å². The van der Waals surface area contributed by atoms with Gasteiger partial charge in [0, 0.05) is 23.8 Å². The van der Waals surface area contributed by atoms with Gasteiger partial charge in [-0.1, -0.05) is 18.2 Å². The Labute approximate surface area is 94.2 Å². The second-order valence-electron chi connectivity index (χ2n) is 4.44. The maximum atomic E-state index is 6.21. The van der Waals surface area contributed by atoms with Crippen LogP contribution in [0.2, 0.25) is 0 Å². The summed E-state index contributed by atoms with van der Waals surface area (Å²) in [6, 6.07) is 8.32. The Morgan fingerprint density at radius 3 is 3.07 bits per heavy atom. The molecule has 0 bridgehead atoms. The van der Waals surface area contributed by atoms with E-state index in [0.717, 1.165) is 24.3 Å². The molecule has 15 heavy (non-hydrogen) atoms. The molecule has 0 aromatic heterocycles. The molecule has 0 amide bonds. The van der Waals surface area contributed by atoms with E-state index < -0.39 is 0 Å². The minimum Gasteiger partial charge on any atom is -0.486 e. The molecule has 1 fully saturated rings. The molecule has 1 aromatic rings. The Balaban J connectivity index is 1.98. The third-order valence-corrected chi connectivity index (χ3v) is 4.53. The number of benzene rings is 1. The number of ether oxygens (including phenoxy) is 1. The Hall–Kier alpha value is -0.670. The first-order valence-electron chi connectivity index (χ1n) is 5.40. The summed E-state index contributed by atoms with van der Waals surface area (Å²) in [5.41, 5.74) is 7.40. The van der Waals surface area contributed by atoms with Crippen molar-refractivity contribution in [1.82, 2.24) is 0 Å². The predicted octanol–water partition coefficient (Wildman–Crippen LogP) is 2.34. The summed E-state index contributed by atoms with van der Waals surface area (Å²) in [4.78, 5) is 0. The molecule has 1 saturated heterocycles. The van der Waals surface area contributed by atoms with Crippen LogP contribution in [0.4, 0.5) is 0 Å². The van der Waals surface area contributed by atoms with Gasteiger partial charge in [0.05, 0.1) is 0 Å². The molecule has 2 N–H and O–H groups in total. The van der Waals surface area contributed by atoms with Crippen LogP contribution in [-0.4, -0.2) is 17.1 Å². The van der Waals surface area contributed by atoms with Crippen molar-refractivity contribution in [2.24, 2.45) is 5.73 Å². The van der Waals surface area contributed by atoms with E-state index in [9.17, 15) is 0 Å². The molecule has 3 heteroatoms. The molecule has 2 heterocycles. The number of thioether (sulfide) groups is 1. The zero-order chi connectivity index (χ0) is 10.3. The molecule has 2 atom stereocenters. The molecular weight excluding hydrogens is 206 g/mol. The predicted molar refractivity (Wildman–Crippen MR) is 63.3 cm³/mol. The highest BCUT2D eigenvalue weighted by Gasteiger charge is 2.42. The van der Waals surface area contributed by atoms with Crippen molar-refractivity contribution in [2.45, 2.75) is 24.5 Å². The first kappa shape index (κ1) is 9.55. The molecule has 1 aromatic carbocycles. The molecule has 0 radical (unpaired) electrons. The van der Waals surface area contributed by atoms with Gasteiger partial charge in [0.1, 0.15) is 11.4 Å². The second kappa shape index (κ2) is 3.42. The molecule has 3 rings (SSSR count). The molecule has 2 aliphatic heterocycles. The first-order valence-corrected chi connectivity index (χ1v) is 6.56. The van der Waals surface area contributed by atoms with Gasteiger partial charge < -0.3 is 10.5 Å². The lowest BCUT2D eigenvalue weighted by molar-refractivity contribution is 0.0616. The zero-order valence-electron chi connectivity index (χ0n) is 8.61. The van der Waals surface area contributed by atoms with Gasteiger partial charge in [-0.05, 0) is 18.2 Å². The van der Waals surface area contributed by atoms with Crippen molar-refractivity contribution >= 4 is 11.8 Å². The van der Waals surface area contributed by atoms with Crippen molar-refractivity contribution in [2.75, 3.05) is 11.5 Å². The minimum absolute atomic E-state index is 0.0262. The second-order valence-corrected chi connectivity index (χ2v) is 5.54. The summed E-state index contributed by atoms with van der Waals surface area (Å²) in [7, 11) is 0. The number of nitrogens with two attached hydrogens (primary N) is 1. The number of para-hydroxylation sites is 1. The monoisotopic (exact) mass is 221 g/mol. The molecule has 2 nitrogen and oxygen atoms in total. The van der Waals surface area contributed by atoms with Crippen molar-refractivity contribution in [3.05, 3.63) is 29.8 Å². The van der Waals surface area contributed by atoms with Crippen LogP contribution in [0, 0.1) is 0 Å². The lowest BCUT2D eigenvalue weighted by Gasteiger charge is -2.38. The van der Waals surface area contributed by atoms with Crippen molar-refractivity contribution in [1.29, 1.82) is 0 Å². The van der Waals surface area contributed by atoms with Crippen LogP contribution < -0.4 is 10.5 Å². The van der Waals surface area contributed by atoms with E-state index in [-0.39, 0.29) is 11.6 Å². The average Bonchev–Trinajstić information content (AvgIpc) is 2.66. The maximum absolute atomic E-state index is 6.21. The van der Waals surface area contributed by atoms with Gasteiger partial charge in [0.15, 0.2) is 0 Å². The third-order valence-electron chi connectivity index (χ3n) is 3.30. The van der Waals surface area contributed by atoms with E-state index in [4.69, 9.17) is 10.5 Å². The Bertz CT molecular complexity index is 374. The average molecular weight is 221 g/mol. The van der Waals surface area contributed by atoms with Crippen molar-refractivity contribution < 1.29 is 4.74 Å². The highest BCUT2D eigenvalue weighted by atomic mass is 32.2. The number of hydrogen-bond donors (Lipinski definition) is 1. The van der Waals surface area contributed by atoms with Crippen LogP contribution in [0.5, 0.6) is 5.75 Å². The van der Waals surface area contributed by atoms with Crippen molar-refractivity contribution in [3.63, 3.8) is 0 Å². The highest BCUT2D eigenvalue weighted by Crippen LogP contribution is 2.44. The fourth-order valence-electron chi connectivity index (χ4n) is 2.50. The fourth-order valence-corrected chi connectivity index (χ4v) is 3.85. The Morgan fingerprint density at radius 1 is 1.40 bits per heavy atom. The van der Waals surface area contributed by atoms with Gasteiger partial charge in [-0.3, -0.25) is 0 Å². The van der Waals surface area contributed by atoms with E-state index in [1.54, 1.807) is 0 Å². The first-order chi connectivity index (χ1) is 7.29. The molecule has 80 valence electrons. The van der Waals surface area contributed by atoms with Crippen LogP contribution in [0.15, 0.2) is 24.3 Å². The normalized spacial score (nSPS) is 33.8. The van der Waals surface area contributed by atoms with Gasteiger partial charge in [0.2, 0.25) is 0 Å². The van der Waals surface area contributed by atoms with E-state index >= 15 is 0 Å². The Kier molecular flexibility index (Phi) is 2.18. The smallest absolute Gasteiger partial charge is 0.124 e. The molecule has 1 unspecified atom stereocenters. The third kappa shape index (κ3) is 1.54. The largest absolute Gasteiger partial charge is 0.486 e. The van der Waals surface area contributed by atoms with Crippen LogP contribution in [0.1, 0.15) is 24.4 Å². The summed E-state index contributed by atoms with van der Waals surface area (Å²) in [5.74, 6) is 3.29. The molecule has 0 aliphatic carbocycles. The topological polar surface area (TPSA) is 35.2 Å². The summed E-state index contributed by atoms with van der Waals surface area (Å²) in [6.07, 6.45) is 2.11. The number of hydrogen-bond acceptors (Lipinski definition) is 3. The van der Waals surface area contributed by atoms with Crippen molar-refractivity contribution in [3.8, 4) is 5.75 Å². The maximum Gasteiger partial charge on any atom is 0.124 e. The van der Waals surface area contributed by atoms with Crippen LogP contribution >= 0.6 is 11.8 Å². The molecular formula is C12H15NOS. The van der Waals surface area contributed by atoms with E-state index in [1.807, 2.05) is 30.0 Å². The molecule has 0 saturated carbocycles.